The van der Waals surface area contributed by atoms with E-state index in [1.807, 2.05) is 6.07 Å². The lowest BCUT2D eigenvalue weighted by Gasteiger charge is -2.31. The van der Waals surface area contributed by atoms with Crippen molar-refractivity contribution in [2.24, 2.45) is 0 Å². The maximum atomic E-state index is 11.7. The van der Waals surface area contributed by atoms with Crippen LogP contribution in [0.2, 0.25) is 0 Å². The van der Waals surface area contributed by atoms with Gasteiger partial charge in [0.25, 0.3) is 0 Å². The lowest BCUT2D eigenvalue weighted by atomic mass is 10.0. The highest BCUT2D eigenvalue weighted by Crippen LogP contribution is 2.37. The molecule has 0 spiro atoms. The molecule has 26 heavy (non-hydrogen) atoms. The number of nitrogens with one attached hydrogen (secondary N) is 2. The molecule has 0 saturated carbocycles. The molecule has 3 N–H and O–H groups in total. The van der Waals surface area contributed by atoms with Crippen molar-refractivity contribution < 1.29 is 19.4 Å². The fraction of sp³-hybridized carbons (Fsp3) is 0.579. The Bertz CT molecular complexity index is 677. The molecule has 2 amide bonds. The summed E-state index contributed by atoms with van der Waals surface area (Å²) in [6, 6.07) is 3.60. The summed E-state index contributed by atoms with van der Waals surface area (Å²) in [7, 11) is 0. The third kappa shape index (κ3) is 4.53. The second kappa shape index (κ2) is 8.51. The van der Waals surface area contributed by atoms with E-state index in [1.165, 1.54) is 6.92 Å². The summed E-state index contributed by atoms with van der Waals surface area (Å²) >= 11 is 0. The Labute approximate surface area is 153 Å². The number of carbonyl (C=O) groups excluding carboxylic acids is 2. The van der Waals surface area contributed by atoms with Crippen molar-refractivity contribution in [3.8, 4) is 5.75 Å². The number of aliphatic hydroxyl groups is 1. The number of hydrogen-bond donors (Lipinski definition) is 3. The van der Waals surface area contributed by atoms with E-state index in [4.69, 9.17) is 4.74 Å². The Morgan fingerprint density at radius 2 is 2.23 bits per heavy atom. The van der Waals surface area contributed by atoms with Gasteiger partial charge in [-0.05, 0) is 44.2 Å². The van der Waals surface area contributed by atoms with E-state index >= 15 is 0 Å². The fourth-order valence-corrected chi connectivity index (χ4v) is 3.57. The maximum absolute atomic E-state index is 11.7. The summed E-state index contributed by atoms with van der Waals surface area (Å²) in [6.45, 7) is 3.73. The Kier molecular flexibility index (Phi) is 6.11. The number of amides is 2. The second-order valence-electron chi connectivity index (χ2n) is 6.91. The molecule has 3 rings (SSSR count). The van der Waals surface area contributed by atoms with Crippen molar-refractivity contribution >= 4 is 23.2 Å². The van der Waals surface area contributed by atoms with Crippen LogP contribution in [-0.4, -0.2) is 47.7 Å². The van der Waals surface area contributed by atoms with Crippen LogP contribution in [0.5, 0.6) is 5.75 Å². The molecule has 0 radical (unpaired) electrons. The molecule has 1 aromatic carbocycles. The van der Waals surface area contributed by atoms with Crippen molar-refractivity contribution in [1.29, 1.82) is 0 Å². The monoisotopic (exact) mass is 361 g/mol. The molecule has 1 unspecified atom stereocenters. The number of ether oxygens (including phenoxy) is 1. The van der Waals surface area contributed by atoms with E-state index in [1.54, 1.807) is 6.07 Å². The van der Waals surface area contributed by atoms with Gasteiger partial charge < -0.3 is 20.5 Å². The number of benzene rings is 1. The average molecular weight is 361 g/mol. The Morgan fingerprint density at radius 3 is 3.00 bits per heavy atom. The van der Waals surface area contributed by atoms with Gasteiger partial charge in [0.1, 0.15) is 12.0 Å². The quantitative estimate of drug-likeness (QED) is 0.675. The number of carbonyl (C=O) groups is 2. The number of rotatable bonds is 6. The van der Waals surface area contributed by atoms with Gasteiger partial charge in [0.05, 0.1) is 18.0 Å². The molecule has 7 heteroatoms. The zero-order chi connectivity index (χ0) is 18.5. The molecule has 2 heterocycles. The van der Waals surface area contributed by atoms with E-state index in [-0.39, 0.29) is 18.0 Å². The van der Waals surface area contributed by atoms with Crippen molar-refractivity contribution in [2.45, 2.75) is 51.7 Å². The highest BCUT2D eigenvalue weighted by Gasteiger charge is 2.23. The van der Waals surface area contributed by atoms with Gasteiger partial charge in [-0.1, -0.05) is 0 Å². The van der Waals surface area contributed by atoms with E-state index in [0.717, 1.165) is 50.1 Å². The standard InChI is InChI=1S/C19H27N3O4/c1-13(23)20-15-7-8-16(14-6-9-17(24)21-19(14)15)26-12-4-11-22-10-3-2-5-18(22)25/h7-8,18,25H,2-6,9-12H2,1H3,(H,20,23)(H,21,24). The lowest BCUT2D eigenvalue weighted by Crippen LogP contribution is -2.40. The van der Waals surface area contributed by atoms with Gasteiger partial charge in [-0.3, -0.25) is 14.5 Å². The topological polar surface area (TPSA) is 90.9 Å². The molecule has 0 aliphatic carbocycles. The third-order valence-corrected chi connectivity index (χ3v) is 4.87. The van der Waals surface area contributed by atoms with Crippen LogP contribution in [0.15, 0.2) is 12.1 Å². The van der Waals surface area contributed by atoms with Crippen molar-refractivity contribution in [2.75, 3.05) is 30.3 Å². The first-order chi connectivity index (χ1) is 12.5. The largest absolute Gasteiger partial charge is 0.493 e. The third-order valence-electron chi connectivity index (χ3n) is 4.87. The number of likely N-dealkylation sites (tertiary alicyclic amines) is 1. The van der Waals surface area contributed by atoms with Crippen molar-refractivity contribution in [3.63, 3.8) is 0 Å². The SMILES string of the molecule is CC(=O)Nc1ccc(OCCCN2CCCCC2O)c2c1NC(=O)CC2. The molecule has 0 bridgehead atoms. The molecule has 142 valence electrons. The Morgan fingerprint density at radius 1 is 1.38 bits per heavy atom. The van der Waals surface area contributed by atoms with Crippen molar-refractivity contribution in [3.05, 3.63) is 17.7 Å². The smallest absolute Gasteiger partial charge is 0.224 e. The van der Waals surface area contributed by atoms with Crippen LogP contribution in [0.1, 0.15) is 44.6 Å². The summed E-state index contributed by atoms with van der Waals surface area (Å²) < 4.78 is 5.95. The number of aliphatic hydroxyl groups excluding tert-OH is 1. The summed E-state index contributed by atoms with van der Waals surface area (Å²) in [5.41, 5.74) is 2.17. The van der Waals surface area contributed by atoms with Gasteiger partial charge in [-0.25, -0.2) is 0 Å². The molecule has 1 atom stereocenters. The minimum atomic E-state index is -0.330. The van der Waals surface area contributed by atoms with Crippen LogP contribution in [0.4, 0.5) is 11.4 Å². The van der Waals surface area contributed by atoms with Crippen LogP contribution in [-0.2, 0) is 16.0 Å². The highest BCUT2D eigenvalue weighted by molar-refractivity contribution is 6.02. The first kappa shape index (κ1) is 18.7. The molecular formula is C19H27N3O4. The second-order valence-corrected chi connectivity index (χ2v) is 6.91. The van der Waals surface area contributed by atoms with Crippen LogP contribution in [0.25, 0.3) is 0 Å². The summed E-state index contributed by atoms with van der Waals surface area (Å²) in [6.07, 6.45) is 4.57. The number of fused-ring (bicyclic) bond motifs is 1. The van der Waals surface area contributed by atoms with E-state index in [0.29, 0.717) is 30.8 Å². The molecule has 2 aliphatic heterocycles. The summed E-state index contributed by atoms with van der Waals surface area (Å²) in [5.74, 6) is 0.509. The lowest BCUT2D eigenvalue weighted by molar-refractivity contribution is -0.116. The van der Waals surface area contributed by atoms with Gasteiger partial charge in [0.2, 0.25) is 11.8 Å². The highest BCUT2D eigenvalue weighted by atomic mass is 16.5. The van der Waals surface area contributed by atoms with Gasteiger partial charge in [-0.15, -0.1) is 0 Å². The van der Waals surface area contributed by atoms with E-state index in [2.05, 4.69) is 15.5 Å². The molecule has 2 aliphatic rings. The zero-order valence-electron chi connectivity index (χ0n) is 15.2. The molecular weight excluding hydrogens is 334 g/mol. The molecule has 1 aromatic rings. The maximum Gasteiger partial charge on any atom is 0.224 e. The van der Waals surface area contributed by atoms with Gasteiger partial charge in [0.15, 0.2) is 0 Å². The number of piperidine rings is 1. The van der Waals surface area contributed by atoms with Crippen LogP contribution in [0, 0.1) is 0 Å². The van der Waals surface area contributed by atoms with Gasteiger partial charge in [0, 0.05) is 32.0 Å². The molecule has 1 saturated heterocycles. The predicted molar refractivity (Wildman–Crippen MR) is 99.2 cm³/mol. The number of anilines is 2. The zero-order valence-corrected chi connectivity index (χ0v) is 15.2. The average Bonchev–Trinajstić information content (AvgIpc) is 2.61. The first-order valence-electron chi connectivity index (χ1n) is 9.33. The van der Waals surface area contributed by atoms with Gasteiger partial charge >= 0.3 is 0 Å². The minimum Gasteiger partial charge on any atom is -0.493 e. The normalized spacial score (nSPS) is 20.2. The number of hydrogen-bond acceptors (Lipinski definition) is 5. The Balaban J connectivity index is 1.61. The Hall–Kier alpha value is -2.12. The molecule has 0 aromatic heterocycles. The fourth-order valence-electron chi connectivity index (χ4n) is 3.57. The number of nitrogens with zero attached hydrogens (tertiary/aromatic N) is 1. The predicted octanol–water partition coefficient (Wildman–Crippen LogP) is 2.10. The summed E-state index contributed by atoms with van der Waals surface area (Å²) in [5, 5.41) is 15.6. The summed E-state index contributed by atoms with van der Waals surface area (Å²) in [4.78, 5) is 25.2. The first-order valence-corrected chi connectivity index (χ1v) is 9.33. The molecule has 7 nitrogen and oxygen atoms in total. The van der Waals surface area contributed by atoms with E-state index < -0.39 is 0 Å². The van der Waals surface area contributed by atoms with E-state index in [9.17, 15) is 14.7 Å². The van der Waals surface area contributed by atoms with Crippen molar-refractivity contribution in [1.82, 2.24) is 4.90 Å². The van der Waals surface area contributed by atoms with Gasteiger partial charge in [-0.2, -0.15) is 0 Å². The van der Waals surface area contributed by atoms with Crippen LogP contribution < -0.4 is 15.4 Å². The molecule has 1 fully saturated rings. The van der Waals surface area contributed by atoms with Crippen LogP contribution >= 0.6 is 0 Å². The van der Waals surface area contributed by atoms with Crippen LogP contribution in [0.3, 0.4) is 0 Å². The minimum absolute atomic E-state index is 0.0552.